The Hall–Kier alpha value is -2.21. The van der Waals surface area contributed by atoms with Crippen LogP contribution >= 0.6 is 0 Å². The third-order valence-corrected chi connectivity index (χ3v) is 9.70. The van der Waals surface area contributed by atoms with Crippen molar-refractivity contribution in [2.75, 3.05) is 6.61 Å². The zero-order valence-corrected chi connectivity index (χ0v) is 16.3. The second kappa shape index (κ2) is 7.19. The number of ether oxygens (including phenoxy) is 1. The molecule has 1 N–H and O–H groups in total. The van der Waals surface area contributed by atoms with Gasteiger partial charge in [-0.1, -0.05) is 81.4 Å². The highest BCUT2D eigenvalue weighted by Gasteiger charge is 2.50. The summed E-state index contributed by atoms with van der Waals surface area (Å²) >= 11 is 0. The van der Waals surface area contributed by atoms with Crippen LogP contribution in [0.4, 0.5) is 0 Å². The van der Waals surface area contributed by atoms with Gasteiger partial charge in [0.05, 0.1) is 6.61 Å². The van der Waals surface area contributed by atoms with Gasteiger partial charge in [0, 0.05) is 11.6 Å². The predicted molar refractivity (Wildman–Crippen MR) is 104 cm³/mol. The van der Waals surface area contributed by atoms with Gasteiger partial charge in [-0.25, -0.2) is 4.79 Å². The first-order valence-electron chi connectivity index (χ1n) is 8.69. The number of hydrogen-bond donors (Lipinski definition) is 1. The minimum Gasteiger partial charge on any atom is -0.429 e. The molecule has 0 amide bonds. The van der Waals surface area contributed by atoms with E-state index in [0.29, 0.717) is 5.57 Å². The molecule has 26 heavy (non-hydrogen) atoms. The number of aliphatic hydroxyl groups is 1. The highest BCUT2D eigenvalue weighted by Crippen LogP contribution is 2.37. The van der Waals surface area contributed by atoms with Crippen molar-refractivity contribution >= 4 is 24.7 Å². The zero-order valence-electron chi connectivity index (χ0n) is 15.3. The van der Waals surface area contributed by atoms with E-state index in [-0.39, 0.29) is 11.6 Å². The number of aliphatic hydroxyl groups excluding tert-OH is 1. The SMILES string of the molecule is CC(C)(C)[Si](OCC1=CC(=O)OC1O)(c1ccccc1)c1ccccc1. The topological polar surface area (TPSA) is 55.8 Å². The molecule has 1 heterocycles. The molecular weight excluding hydrogens is 344 g/mol. The van der Waals surface area contributed by atoms with E-state index in [2.05, 4.69) is 45.0 Å². The van der Waals surface area contributed by atoms with Crippen LogP contribution in [0, 0.1) is 0 Å². The Kier molecular flexibility index (Phi) is 5.14. The van der Waals surface area contributed by atoms with Gasteiger partial charge in [0.1, 0.15) is 0 Å². The molecule has 4 nitrogen and oxygen atoms in total. The first-order chi connectivity index (χ1) is 12.3. The summed E-state index contributed by atoms with van der Waals surface area (Å²) in [4.78, 5) is 11.4. The van der Waals surface area contributed by atoms with Crippen molar-refractivity contribution in [2.45, 2.75) is 32.1 Å². The smallest absolute Gasteiger partial charge is 0.333 e. The molecule has 0 fully saturated rings. The van der Waals surface area contributed by atoms with Crippen molar-refractivity contribution in [1.82, 2.24) is 0 Å². The van der Waals surface area contributed by atoms with E-state index < -0.39 is 20.6 Å². The quantitative estimate of drug-likeness (QED) is 0.650. The van der Waals surface area contributed by atoms with Gasteiger partial charge in [-0.05, 0) is 15.4 Å². The Morgan fingerprint density at radius 2 is 1.50 bits per heavy atom. The summed E-state index contributed by atoms with van der Waals surface area (Å²) < 4.78 is 11.4. The van der Waals surface area contributed by atoms with E-state index in [4.69, 9.17) is 9.16 Å². The van der Waals surface area contributed by atoms with E-state index in [0.717, 1.165) is 10.4 Å². The van der Waals surface area contributed by atoms with Crippen LogP contribution in [0.15, 0.2) is 72.3 Å². The first-order valence-corrected chi connectivity index (χ1v) is 10.6. The average Bonchev–Trinajstić information content (AvgIpc) is 2.94. The molecule has 1 aliphatic rings. The Balaban J connectivity index is 2.09. The predicted octanol–water partition coefficient (Wildman–Crippen LogP) is 2.36. The monoisotopic (exact) mass is 368 g/mol. The van der Waals surface area contributed by atoms with Crippen molar-refractivity contribution in [3.63, 3.8) is 0 Å². The lowest BCUT2D eigenvalue weighted by atomic mass is 10.2. The maximum absolute atomic E-state index is 11.4. The fourth-order valence-electron chi connectivity index (χ4n) is 3.51. The number of benzene rings is 2. The zero-order chi connectivity index (χ0) is 18.8. The fraction of sp³-hybridized carbons (Fsp3) is 0.286. The maximum Gasteiger partial charge on any atom is 0.333 e. The summed E-state index contributed by atoms with van der Waals surface area (Å²) in [6.07, 6.45) is 0.100. The molecule has 0 aliphatic carbocycles. The molecule has 0 saturated carbocycles. The molecule has 0 aromatic heterocycles. The summed E-state index contributed by atoms with van der Waals surface area (Å²) in [6, 6.07) is 20.5. The van der Waals surface area contributed by atoms with Crippen LogP contribution in [0.25, 0.3) is 0 Å². The molecule has 3 rings (SSSR count). The summed E-state index contributed by atoms with van der Waals surface area (Å²) in [5.41, 5.74) is 0.461. The largest absolute Gasteiger partial charge is 0.429 e. The molecule has 2 aromatic rings. The van der Waals surface area contributed by atoms with Gasteiger partial charge in [0.25, 0.3) is 8.32 Å². The van der Waals surface area contributed by atoms with E-state index in [1.165, 1.54) is 6.08 Å². The number of rotatable bonds is 5. The average molecular weight is 369 g/mol. The lowest BCUT2D eigenvalue weighted by molar-refractivity contribution is -0.151. The second-order valence-electron chi connectivity index (χ2n) is 7.46. The van der Waals surface area contributed by atoms with Crippen molar-refractivity contribution in [1.29, 1.82) is 0 Å². The van der Waals surface area contributed by atoms with Crippen LogP contribution in [-0.4, -0.2) is 32.3 Å². The van der Waals surface area contributed by atoms with Crippen LogP contribution in [0.2, 0.25) is 5.04 Å². The molecule has 2 aromatic carbocycles. The summed E-state index contributed by atoms with van der Waals surface area (Å²) in [5, 5.41) is 12.1. The van der Waals surface area contributed by atoms with Crippen LogP contribution < -0.4 is 10.4 Å². The Morgan fingerprint density at radius 3 is 1.88 bits per heavy atom. The third-order valence-electron chi connectivity index (χ3n) is 4.72. The number of cyclic esters (lactones) is 1. The molecule has 0 saturated heterocycles. The third kappa shape index (κ3) is 3.38. The standard InChI is InChI=1S/C21H24O4Si/c1-21(2,3)26(17-10-6-4-7-11-17,18-12-8-5-9-13-18)24-15-16-14-19(22)25-20(16)23/h4-14,20,23H,15H2,1-3H3. The maximum atomic E-state index is 11.4. The highest BCUT2D eigenvalue weighted by atomic mass is 28.4. The minimum atomic E-state index is -2.69. The molecule has 0 radical (unpaired) electrons. The normalized spacial score (nSPS) is 17.8. The highest BCUT2D eigenvalue weighted by molar-refractivity contribution is 6.99. The molecule has 1 aliphatic heterocycles. The molecule has 1 unspecified atom stereocenters. The van der Waals surface area contributed by atoms with E-state index in [1.54, 1.807) is 0 Å². The van der Waals surface area contributed by atoms with Crippen LogP contribution in [0.3, 0.4) is 0 Å². The van der Waals surface area contributed by atoms with E-state index in [9.17, 15) is 9.90 Å². The van der Waals surface area contributed by atoms with Gasteiger partial charge in [-0.3, -0.25) is 0 Å². The Bertz CT molecular complexity index is 754. The summed E-state index contributed by atoms with van der Waals surface area (Å²) in [5.74, 6) is -0.529. The molecule has 136 valence electrons. The van der Waals surface area contributed by atoms with E-state index in [1.807, 2.05) is 36.4 Å². The number of hydrogen-bond acceptors (Lipinski definition) is 4. The number of carbonyl (C=O) groups excluding carboxylic acids is 1. The Morgan fingerprint density at radius 1 is 1.00 bits per heavy atom. The van der Waals surface area contributed by atoms with E-state index >= 15 is 0 Å². The number of carbonyl (C=O) groups is 1. The lowest BCUT2D eigenvalue weighted by Crippen LogP contribution is -2.66. The van der Waals surface area contributed by atoms with Gasteiger partial charge in [-0.15, -0.1) is 0 Å². The van der Waals surface area contributed by atoms with Crippen LogP contribution in [-0.2, 0) is 14.0 Å². The molecule has 0 spiro atoms. The second-order valence-corrected chi connectivity index (χ2v) is 11.8. The molecular formula is C21H24O4Si. The van der Waals surface area contributed by atoms with Crippen molar-refractivity contribution in [3.05, 3.63) is 72.3 Å². The summed E-state index contributed by atoms with van der Waals surface area (Å²) in [7, 11) is -2.69. The van der Waals surface area contributed by atoms with Gasteiger partial charge < -0.3 is 14.3 Å². The fourth-order valence-corrected chi connectivity index (χ4v) is 8.05. The minimum absolute atomic E-state index is 0.153. The molecule has 0 bridgehead atoms. The Labute approximate surface area is 155 Å². The van der Waals surface area contributed by atoms with Gasteiger partial charge in [0.15, 0.2) is 0 Å². The molecule has 5 heteroatoms. The summed E-state index contributed by atoms with van der Waals surface area (Å²) in [6.45, 7) is 6.70. The van der Waals surface area contributed by atoms with Crippen molar-refractivity contribution in [3.8, 4) is 0 Å². The van der Waals surface area contributed by atoms with Gasteiger partial charge >= 0.3 is 5.97 Å². The number of esters is 1. The van der Waals surface area contributed by atoms with Gasteiger partial charge in [0.2, 0.25) is 6.29 Å². The van der Waals surface area contributed by atoms with Crippen LogP contribution in [0.1, 0.15) is 20.8 Å². The van der Waals surface area contributed by atoms with Gasteiger partial charge in [-0.2, -0.15) is 0 Å². The van der Waals surface area contributed by atoms with Crippen LogP contribution in [0.5, 0.6) is 0 Å². The molecule has 1 atom stereocenters. The lowest BCUT2D eigenvalue weighted by Gasteiger charge is -2.43. The first kappa shape index (κ1) is 18.6. The van der Waals surface area contributed by atoms with Crippen molar-refractivity contribution < 1.29 is 19.1 Å². The van der Waals surface area contributed by atoms with Crippen molar-refractivity contribution in [2.24, 2.45) is 0 Å².